The van der Waals surface area contributed by atoms with Crippen LogP contribution in [0.15, 0.2) is 30.6 Å². The number of rotatable bonds is 6. The van der Waals surface area contributed by atoms with Crippen molar-refractivity contribution in [2.45, 2.75) is 39.8 Å². The van der Waals surface area contributed by atoms with Crippen LogP contribution in [-0.2, 0) is 6.54 Å². The number of nitrogens with one attached hydrogen (secondary N) is 1. The molecule has 0 saturated carbocycles. The fraction of sp³-hybridized carbons (Fsp3) is 0.438. The smallest absolute Gasteiger partial charge is 0.0608 e. The van der Waals surface area contributed by atoms with Crippen LogP contribution in [0.3, 0.4) is 0 Å². The van der Waals surface area contributed by atoms with E-state index in [4.69, 9.17) is 11.6 Å². The molecule has 4 heteroatoms. The van der Waals surface area contributed by atoms with Gasteiger partial charge in [-0.2, -0.15) is 5.10 Å². The predicted molar refractivity (Wildman–Crippen MR) is 84.2 cm³/mol. The number of nitrogens with zero attached hydrogens (tertiary/aromatic N) is 2. The van der Waals surface area contributed by atoms with Crippen LogP contribution in [0.2, 0.25) is 5.02 Å². The lowest BCUT2D eigenvalue weighted by Gasteiger charge is -2.17. The van der Waals surface area contributed by atoms with Crippen molar-refractivity contribution in [3.8, 4) is 0 Å². The fourth-order valence-electron chi connectivity index (χ4n) is 2.30. The van der Waals surface area contributed by atoms with Crippen LogP contribution >= 0.6 is 11.6 Å². The summed E-state index contributed by atoms with van der Waals surface area (Å²) in [4.78, 5) is 0. The maximum atomic E-state index is 6.25. The molecule has 1 aromatic carbocycles. The Kier molecular flexibility index (Phi) is 5.21. The van der Waals surface area contributed by atoms with Gasteiger partial charge in [-0.1, -0.05) is 37.6 Å². The fourth-order valence-corrected chi connectivity index (χ4v) is 2.49. The molecule has 0 fully saturated rings. The molecule has 0 amide bonds. The number of aromatic nitrogens is 2. The van der Waals surface area contributed by atoms with E-state index in [9.17, 15) is 0 Å². The third-order valence-corrected chi connectivity index (χ3v) is 3.78. The van der Waals surface area contributed by atoms with Crippen molar-refractivity contribution < 1.29 is 0 Å². The average molecular weight is 292 g/mol. The molecule has 2 aromatic rings. The first-order chi connectivity index (χ1) is 9.65. The van der Waals surface area contributed by atoms with Crippen LogP contribution in [0.25, 0.3) is 0 Å². The molecule has 3 nitrogen and oxygen atoms in total. The normalized spacial score (nSPS) is 12.6. The van der Waals surface area contributed by atoms with Crippen LogP contribution in [0.4, 0.5) is 0 Å². The van der Waals surface area contributed by atoms with Gasteiger partial charge in [-0.05, 0) is 37.1 Å². The van der Waals surface area contributed by atoms with E-state index in [-0.39, 0.29) is 6.04 Å². The van der Waals surface area contributed by atoms with Gasteiger partial charge in [0.25, 0.3) is 0 Å². The molecule has 20 heavy (non-hydrogen) atoms. The first kappa shape index (κ1) is 15.1. The largest absolute Gasteiger partial charge is 0.306 e. The first-order valence-electron chi connectivity index (χ1n) is 7.17. The number of halogens is 1. The van der Waals surface area contributed by atoms with E-state index in [2.05, 4.69) is 42.6 Å². The summed E-state index contributed by atoms with van der Waals surface area (Å²) in [6.45, 7) is 8.14. The predicted octanol–water partition coefficient (Wildman–Crippen LogP) is 3.95. The first-order valence-corrected chi connectivity index (χ1v) is 7.55. The highest BCUT2D eigenvalue weighted by atomic mass is 35.5. The number of benzene rings is 1. The van der Waals surface area contributed by atoms with E-state index in [1.54, 1.807) is 0 Å². The van der Waals surface area contributed by atoms with Gasteiger partial charge in [0.05, 0.1) is 12.2 Å². The monoisotopic (exact) mass is 291 g/mol. The van der Waals surface area contributed by atoms with Crippen molar-refractivity contribution in [1.82, 2.24) is 15.1 Å². The molecule has 108 valence electrons. The van der Waals surface area contributed by atoms with Gasteiger partial charge in [-0.15, -0.1) is 0 Å². The zero-order valence-electron chi connectivity index (χ0n) is 12.4. The zero-order chi connectivity index (χ0) is 14.5. The molecule has 0 saturated heterocycles. The quantitative estimate of drug-likeness (QED) is 0.873. The van der Waals surface area contributed by atoms with E-state index >= 15 is 0 Å². The molecule has 2 rings (SSSR count). The second-order valence-corrected chi connectivity index (χ2v) is 5.44. The van der Waals surface area contributed by atoms with Crippen molar-refractivity contribution in [2.75, 3.05) is 6.54 Å². The Morgan fingerprint density at radius 2 is 2.10 bits per heavy atom. The van der Waals surface area contributed by atoms with E-state index in [1.165, 1.54) is 11.1 Å². The van der Waals surface area contributed by atoms with Gasteiger partial charge >= 0.3 is 0 Å². The highest BCUT2D eigenvalue weighted by Crippen LogP contribution is 2.26. The summed E-state index contributed by atoms with van der Waals surface area (Å²) in [5, 5.41) is 8.74. The molecule has 1 heterocycles. The Hall–Kier alpha value is -1.32. The van der Waals surface area contributed by atoms with Gasteiger partial charge in [0.1, 0.15) is 0 Å². The van der Waals surface area contributed by atoms with Gasteiger partial charge < -0.3 is 5.32 Å². The molecular formula is C16H22ClN3. The Balaban J connectivity index is 2.31. The van der Waals surface area contributed by atoms with Crippen LogP contribution in [0, 0.1) is 6.92 Å². The molecule has 1 unspecified atom stereocenters. The van der Waals surface area contributed by atoms with Crippen molar-refractivity contribution in [3.63, 3.8) is 0 Å². The third kappa shape index (κ3) is 3.41. The maximum absolute atomic E-state index is 6.25. The van der Waals surface area contributed by atoms with Gasteiger partial charge in [-0.3, -0.25) is 4.68 Å². The average Bonchev–Trinajstić information content (AvgIpc) is 2.88. The molecule has 1 N–H and O–H groups in total. The summed E-state index contributed by atoms with van der Waals surface area (Å²) in [7, 11) is 0. The standard InChI is InChI=1S/C16H22ClN3/c1-4-8-20-11-14(10-19-20)16(18-5-2)13-7-6-12(3)15(17)9-13/h6-7,9-11,16,18H,4-5,8H2,1-3H3. The summed E-state index contributed by atoms with van der Waals surface area (Å²) < 4.78 is 2.00. The Bertz CT molecular complexity index is 563. The number of hydrogen-bond acceptors (Lipinski definition) is 2. The van der Waals surface area contributed by atoms with E-state index in [0.717, 1.165) is 30.1 Å². The topological polar surface area (TPSA) is 29.9 Å². The van der Waals surface area contributed by atoms with Gasteiger partial charge in [0.15, 0.2) is 0 Å². The minimum absolute atomic E-state index is 0.142. The molecule has 0 aliphatic carbocycles. The van der Waals surface area contributed by atoms with E-state index in [1.807, 2.05) is 23.9 Å². The Morgan fingerprint density at radius 3 is 2.75 bits per heavy atom. The minimum atomic E-state index is 0.142. The molecule has 0 aliphatic rings. The SMILES string of the molecule is CCCn1cc(C(NCC)c2ccc(C)c(Cl)c2)cn1. The van der Waals surface area contributed by atoms with Crippen LogP contribution in [0.1, 0.15) is 43.0 Å². The molecule has 0 aliphatic heterocycles. The summed E-state index contributed by atoms with van der Waals surface area (Å²) in [5.41, 5.74) is 3.46. The summed E-state index contributed by atoms with van der Waals surface area (Å²) >= 11 is 6.25. The van der Waals surface area contributed by atoms with E-state index < -0.39 is 0 Å². The number of hydrogen-bond donors (Lipinski definition) is 1. The Morgan fingerprint density at radius 1 is 1.30 bits per heavy atom. The lowest BCUT2D eigenvalue weighted by Crippen LogP contribution is -2.21. The molecule has 0 spiro atoms. The molecule has 1 aromatic heterocycles. The van der Waals surface area contributed by atoms with Crippen molar-refractivity contribution in [1.29, 1.82) is 0 Å². The highest BCUT2D eigenvalue weighted by Gasteiger charge is 2.15. The minimum Gasteiger partial charge on any atom is -0.306 e. The Labute approximate surface area is 126 Å². The van der Waals surface area contributed by atoms with Crippen molar-refractivity contribution in [2.24, 2.45) is 0 Å². The number of aryl methyl sites for hydroxylation is 2. The molecule has 0 bridgehead atoms. The van der Waals surface area contributed by atoms with Gasteiger partial charge in [0.2, 0.25) is 0 Å². The lowest BCUT2D eigenvalue weighted by atomic mass is 10.0. The summed E-state index contributed by atoms with van der Waals surface area (Å²) in [6, 6.07) is 6.38. The van der Waals surface area contributed by atoms with Crippen molar-refractivity contribution in [3.05, 3.63) is 52.3 Å². The highest BCUT2D eigenvalue weighted by molar-refractivity contribution is 6.31. The second kappa shape index (κ2) is 6.91. The van der Waals surface area contributed by atoms with Crippen LogP contribution in [0.5, 0.6) is 0 Å². The van der Waals surface area contributed by atoms with E-state index in [0.29, 0.717) is 0 Å². The molecule has 1 atom stereocenters. The van der Waals surface area contributed by atoms with Crippen LogP contribution in [-0.4, -0.2) is 16.3 Å². The van der Waals surface area contributed by atoms with Crippen LogP contribution < -0.4 is 5.32 Å². The maximum Gasteiger partial charge on any atom is 0.0608 e. The molecular weight excluding hydrogens is 270 g/mol. The third-order valence-electron chi connectivity index (χ3n) is 3.38. The second-order valence-electron chi connectivity index (χ2n) is 5.04. The summed E-state index contributed by atoms with van der Waals surface area (Å²) in [6.07, 6.45) is 5.14. The van der Waals surface area contributed by atoms with Crippen molar-refractivity contribution >= 4 is 11.6 Å². The summed E-state index contributed by atoms with van der Waals surface area (Å²) in [5.74, 6) is 0. The molecule has 0 radical (unpaired) electrons. The zero-order valence-corrected chi connectivity index (χ0v) is 13.1. The lowest BCUT2D eigenvalue weighted by molar-refractivity contribution is 0.597. The van der Waals surface area contributed by atoms with Gasteiger partial charge in [-0.25, -0.2) is 0 Å². The van der Waals surface area contributed by atoms with Gasteiger partial charge in [0, 0.05) is 23.3 Å².